The van der Waals surface area contributed by atoms with Gasteiger partial charge in [-0.2, -0.15) is 0 Å². The van der Waals surface area contributed by atoms with Gasteiger partial charge in [0.2, 0.25) is 0 Å². The second-order valence-corrected chi connectivity index (χ2v) is 6.42. The lowest BCUT2D eigenvalue weighted by molar-refractivity contribution is -0.141. The van der Waals surface area contributed by atoms with Crippen LogP contribution < -0.4 is 0 Å². The average molecular weight is 316 g/mol. The molecule has 0 aliphatic heterocycles. The van der Waals surface area contributed by atoms with Crippen LogP contribution >= 0.6 is 0 Å². The molecule has 0 aromatic heterocycles. The van der Waals surface area contributed by atoms with Crippen LogP contribution in [0, 0.1) is 0 Å². The van der Waals surface area contributed by atoms with Crippen LogP contribution in [0.15, 0.2) is 54.6 Å². The Bertz CT molecular complexity index is 953. The average Bonchev–Trinajstić information content (AvgIpc) is 2.59. The van der Waals surface area contributed by atoms with Crippen molar-refractivity contribution in [1.29, 1.82) is 0 Å². The van der Waals surface area contributed by atoms with E-state index in [1.54, 1.807) is 0 Å². The molecule has 0 bridgehead atoms. The summed E-state index contributed by atoms with van der Waals surface area (Å²) in [5, 5.41) is 7.97. The zero-order chi connectivity index (χ0) is 16.5. The molecule has 0 atom stereocenters. The van der Waals surface area contributed by atoms with E-state index in [1.807, 2.05) is 0 Å². The summed E-state index contributed by atoms with van der Waals surface area (Å²) in [4.78, 5) is 10.8. The van der Waals surface area contributed by atoms with Crippen LogP contribution in [0.5, 0.6) is 0 Å². The van der Waals surface area contributed by atoms with E-state index in [-0.39, 0.29) is 5.97 Å². The number of hydrogen-bond donors (Lipinski definition) is 0. The van der Waals surface area contributed by atoms with Crippen molar-refractivity contribution in [2.75, 3.05) is 6.61 Å². The number of unbranched alkanes of at least 4 members (excludes halogenated alkanes) is 1. The zero-order valence-electron chi connectivity index (χ0n) is 13.8. The summed E-state index contributed by atoms with van der Waals surface area (Å²) < 4.78 is 5.00. The Morgan fingerprint density at radius 1 is 0.833 bits per heavy atom. The molecule has 4 aromatic carbocycles. The number of rotatable bonds is 5. The van der Waals surface area contributed by atoms with E-state index in [2.05, 4.69) is 54.6 Å². The molecule has 0 aliphatic carbocycles. The summed E-state index contributed by atoms with van der Waals surface area (Å²) in [5.74, 6) is -0.196. The maximum absolute atomic E-state index is 10.8. The van der Waals surface area contributed by atoms with Crippen molar-refractivity contribution in [2.45, 2.75) is 26.2 Å². The highest BCUT2D eigenvalue weighted by atomic mass is 16.5. The quantitative estimate of drug-likeness (QED) is 0.277. The molecular weight excluding hydrogens is 296 g/mol. The fraction of sp³-hybridized carbons (Fsp3) is 0.227. The summed E-state index contributed by atoms with van der Waals surface area (Å²) in [6.07, 6.45) is 2.95. The van der Waals surface area contributed by atoms with Gasteiger partial charge in [0, 0.05) is 6.92 Å². The second kappa shape index (κ2) is 6.12. The van der Waals surface area contributed by atoms with Crippen molar-refractivity contribution < 1.29 is 9.53 Å². The summed E-state index contributed by atoms with van der Waals surface area (Å²) in [5.41, 5.74) is 1.35. The van der Waals surface area contributed by atoms with Gasteiger partial charge in [0.1, 0.15) is 0 Å². The molecule has 0 saturated heterocycles. The van der Waals surface area contributed by atoms with E-state index in [4.69, 9.17) is 4.74 Å². The van der Waals surface area contributed by atoms with Gasteiger partial charge in [-0.1, -0.05) is 54.6 Å². The highest BCUT2D eigenvalue weighted by Gasteiger charge is 2.08. The molecule has 120 valence electrons. The predicted molar refractivity (Wildman–Crippen MR) is 99.7 cm³/mol. The van der Waals surface area contributed by atoms with E-state index in [0.29, 0.717) is 6.61 Å². The van der Waals surface area contributed by atoms with Gasteiger partial charge < -0.3 is 4.74 Å². The number of carbonyl (C=O) groups excluding carboxylic acids is 1. The standard InChI is InChI=1S/C22H20O2/c1-15(23)24-12-3-2-5-16-13-19-10-8-17-6-4-7-18-9-11-20(14-16)22(19)21(17)18/h4,6-11,13-14H,2-3,5,12H2,1H3. The number of ether oxygens (including phenoxy) is 1. The molecule has 0 radical (unpaired) electrons. The molecule has 0 N–H and O–H groups in total. The van der Waals surface area contributed by atoms with Crippen molar-refractivity contribution in [1.82, 2.24) is 0 Å². The summed E-state index contributed by atoms with van der Waals surface area (Å²) >= 11 is 0. The molecule has 4 rings (SSSR count). The van der Waals surface area contributed by atoms with E-state index >= 15 is 0 Å². The molecule has 0 heterocycles. The Balaban J connectivity index is 1.65. The summed E-state index contributed by atoms with van der Waals surface area (Å²) in [6.45, 7) is 1.97. The Hall–Kier alpha value is -2.61. The van der Waals surface area contributed by atoms with Crippen LogP contribution in [-0.2, 0) is 16.0 Å². The third kappa shape index (κ3) is 2.69. The lowest BCUT2D eigenvalue weighted by atomic mass is 9.92. The maximum Gasteiger partial charge on any atom is 0.302 e. The van der Waals surface area contributed by atoms with Gasteiger partial charge >= 0.3 is 5.97 Å². The molecule has 0 aliphatic rings. The van der Waals surface area contributed by atoms with Gasteiger partial charge in [-0.3, -0.25) is 4.79 Å². The van der Waals surface area contributed by atoms with E-state index in [9.17, 15) is 4.79 Å². The molecule has 4 aromatic rings. The summed E-state index contributed by atoms with van der Waals surface area (Å²) in [7, 11) is 0. The first-order valence-electron chi connectivity index (χ1n) is 8.52. The summed E-state index contributed by atoms with van der Waals surface area (Å²) in [6, 6.07) is 20.0. The van der Waals surface area contributed by atoms with Crippen LogP contribution in [-0.4, -0.2) is 12.6 Å². The Kier molecular flexibility index (Phi) is 3.81. The first kappa shape index (κ1) is 14.9. The first-order valence-corrected chi connectivity index (χ1v) is 8.52. The highest BCUT2D eigenvalue weighted by molar-refractivity contribution is 6.23. The third-order valence-corrected chi connectivity index (χ3v) is 4.69. The van der Waals surface area contributed by atoms with Crippen LogP contribution in [0.4, 0.5) is 0 Å². The van der Waals surface area contributed by atoms with Gasteiger partial charge in [-0.25, -0.2) is 0 Å². The Labute approximate surface area is 141 Å². The topological polar surface area (TPSA) is 26.3 Å². The normalized spacial score (nSPS) is 11.5. The van der Waals surface area contributed by atoms with Crippen molar-refractivity contribution in [3.63, 3.8) is 0 Å². The number of esters is 1. The zero-order valence-corrected chi connectivity index (χ0v) is 13.8. The molecule has 0 spiro atoms. The van der Waals surface area contributed by atoms with Crippen molar-refractivity contribution >= 4 is 38.3 Å². The van der Waals surface area contributed by atoms with Crippen LogP contribution in [0.2, 0.25) is 0 Å². The van der Waals surface area contributed by atoms with Crippen LogP contribution in [0.3, 0.4) is 0 Å². The van der Waals surface area contributed by atoms with E-state index in [1.165, 1.54) is 44.8 Å². The minimum atomic E-state index is -0.196. The van der Waals surface area contributed by atoms with Gasteiger partial charge in [-0.15, -0.1) is 0 Å². The lowest BCUT2D eigenvalue weighted by Gasteiger charge is -2.12. The van der Waals surface area contributed by atoms with Crippen molar-refractivity contribution in [3.05, 3.63) is 60.2 Å². The maximum atomic E-state index is 10.8. The minimum absolute atomic E-state index is 0.196. The van der Waals surface area contributed by atoms with Crippen molar-refractivity contribution in [3.8, 4) is 0 Å². The number of hydrogen-bond acceptors (Lipinski definition) is 2. The van der Waals surface area contributed by atoms with E-state index < -0.39 is 0 Å². The van der Waals surface area contributed by atoms with Crippen molar-refractivity contribution in [2.24, 2.45) is 0 Å². The number of carbonyl (C=O) groups is 1. The predicted octanol–water partition coefficient (Wildman–Crippen LogP) is 5.47. The lowest BCUT2D eigenvalue weighted by Crippen LogP contribution is -2.00. The van der Waals surface area contributed by atoms with E-state index in [0.717, 1.165) is 19.3 Å². The fourth-order valence-corrected chi connectivity index (χ4v) is 3.61. The van der Waals surface area contributed by atoms with Gasteiger partial charge in [-0.05, 0) is 57.1 Å². The van der Waals surface area contributed by atoms with Crippen LogP contribution in [0.25, 0.3) is 32.3 Å². The first-order chi connectivity index (χ1) is 11.7. The molecule has 2 nitrogen and oxygen atoms in total. The highest BCUT2D eigenvalue weighted by Crippen LogP contribution is 2.35. The third-order valence-electron chi connectivity index (χ3n) is 4.69. The fourth-order valence-electron chi connectivity index (χ4n) is 3.61. The number of aryl methyl sites for hydroxylation is 1. The Morgan fingerprint density at radius 2 is 1.42 bits per heavy atom. The molecule has 0 fully saturated rings. The van der Waals surface area contributed by atoms with Gasteiger partial charge in [0.05, 0.1) is 6.61 Å². The largest absolute Gasteiger partial charge is 0.466 e. The molecule has 0 saturated carbocycles. The molecule has 24 heavy (non-hydrogen) atoms. The molecule has 0 amide bonds. The number of benzene rings is 4. The SMILES string of the molecule is CC(=O)OCCCCc1cc2ccc3cccc4ccc(c1)c2c34. The monoisotopic (exact) mass is 316 g/mol. The molecular formula is C22H20O2. The minimum Gasteiger partial charge on any atom is -0.466 e. The van der Waals surface area contributed by atoms with Gasteiger partial charge in [0.15, 0.2) is 0 Å². The smallest absolute Gasteiger partial charge is 0.302 e. The van der Waals surface area contributed by atoms with Crippen LogP contribution in [0.1, 0.15) is 25.3 Å². The second-order valence-electron chi connectivity index (χ2n) is 6.42. The van der Waals surface area contributed by atoms with Gasteiger partial charge in [0.25, 0.3) is 0 Å². The molecule has 2 heteroatoms. The molecule has 0 unspecified atom stereocenters. The Morgan fingerprint density at radius 3 is 2.04 bits per heavy atom.